The Morgan fingerprint density at radius 2 is 1.67 bits per heavy atom. The van der Waals surface area contributed by atoms with Crippen LogP contribution in [0.25, 0.3) is 0 Å². The van der Waals surface area contributed by atoms with E-state index in [0.29, 0.717) is 19.1 Å². The van der Waals surface area contributed by atoms with Crippen LogP contribution in [0.1, 0.15) is 32.3 Å². The summed E-state index contributed by atoms with van der Waals surface area (Å²) in [7, 11) is -3.07. The largest absolute Gasteiger partial charge is 0.408 e. The standard InChI is InChI=1S/C16H26NO3P/c1-3-19-21(18,20-4-2)17-12-10-16(11-13-17)14-15-8-6-5-7-9-15/h5-9,16H,3-4,10-14H2,1-2H3. The van der Waals surface area contributed by atoms with Crippen molar-refractivity contribution >= 4 is 7.75 Å². The van der Waals surface area contributed by atoms with Crippen molar-refractivity contribution in [3.05, 3.63) is 35.9 Å². The Morgan fingerprint density at radius 1 is 1.10 bits per heavy atom. The van der Waals surface area contributed by atoms with E-state index >= 15 is 0 Å². The number of hydrogen-bond donors (Lipinski definition) is 0. The lowest BCUT2D eigenvalue weighted by Gasteiger charge is -2.35. The first-order chi connectivity index (χ1) is 10.2. The summed E-state index contributed by atoms with van der Waals surface area (Å²) in [4.78, 5) is 0. The molecule has 1 heterocycles. The first-order valence-electron chi connectivity index (χ1n) is 7.86. The lowest BCUT2D eigenvalue weighted by molar-refractivity contribution is 0.146. The summed E-state index contributed by atoms with van der Waals surface area (Å²) in [5, 5.41) is 0. The van der Waals surface area contributed by atoms with Crippen LogP contribution < -0.4 is 0 Å². The van der Waals surface area contributed by atoms with Crippen molar-refractivity contribution in [3.63, 3.8) is 0 Å². The second-order valence-electron chi connectivity index (χ2n) is 5.39. The molecule has 0 atom stereocenters. The van der Waals surface area contributed by atoms with Crippen molar-refractivity contribution in [2.24, 2.45) is 5.92 Å². The first-order valence-corrected chi connectivity index (χ1v) is 9.36. The number of piperidine rings is 1. The zero-order valence-corrected chi connectivity index (χ0v) is 13.9. The highest BCUT2D eigenvalue weighted by atomic mass is 31.2. The van der Waals surface area contributed by atoms with Gasteiger partial charge in [-0.1, -0.05) is 30.3 Å². The van der Waals surface area contributed by atoms with Gasteiger partial charge in [0.25, 0.3) is 0 Å². The van der Waals surface area contributed by atoms with Gasteiger partial charge in [-0.25, -0.2) is 9.24 Å². The van der Waals surface area contributed by atoms with Gasteiger partial charge in [0.1, 0.15) is 0 Å². The van der Waals surface area contributed by atoms with Crippen LogP contribution in [0, 0.1) is 5.92 Å². The third kappa shape index (κ3) is 4.65. The molecule has 1 saturated heterocycles. The lowest BCUT2D eigenvalue weighted by Crippen LogP contribution is -2.33. The van der Waals surface area contributed by atoms with Gasteiger partial charge in [-0.15, -0.1) is 0 Å². The highest BCUT2D eigenvalue weighted by Crippen LogP contribution is 2.53. The quantitative estimate of drug-likeness (QED) is 0.710. The molecule has 1 aromatic carbocycles. The van der Waals surface area contributed by atoms with Gasteiger partial charge in [0.2, 0.25) is 0 Å². The molecule has 21 heavy (non-hydrogen) atoms. The molecular weight excluding hydrogens is 285 g/mol. The molecule has 0 aliphatic carbocycles. The van der Waals surface area contributed by atoms with Gasteiger partial charge in [-0.05, 0) is 44.6 Å². The molecule has 0 spiro atoms. The molecule has 0 unspecified atom stereocenters. The average molecular weight is 311 g/mol. The van der Waals surface area contributed by atoms with Crippen LogP contribution in [0.4, 0.5) is 0 Å². The number of rotatable bonds is 7. The summed E-state index contributed by atoms with van der Waals surface area (Å²) in [5.74, 6) is 0.653. The van der Waals surface area contributed by atoms with Crippen LogP contribution in [-0.2, 0) is 20.0 Å². The van der Waals surface area contributed by atoms with Gasteiger partial charge in [0, 0.05) is 13.1 Å². The summed E-state index contributed by atoms with van der Waals surface area (Å²) in [5.41, 5.74) is 1.38. The summed E-state index contributed by atoms with van der Waals surface area (Å²) < 4.78 is 25.5. The fraction of sp³-hybridized carbons (Fsp3) is 0.625. The SMILES string of the molecule is CCOP(=O)(OCC)N1CCC(Cc2ccccc2)CC1. The van der Waals surface area contributed by atoms with Crippen LogP contribution in [-0.4, -0.2) is 31.0 Å². The molecule has 0 saturated carbocycles. The van der Waals surface area contributed by atoms with E-state index in [1.807, 2.05) is 24.6 Å². The maximum atomic E-state index is 12.7. The van der Waals surface area contributed by atoms with Gasteiger partial charge in [0.15, 0.2) is 0 Å². The highest BCUT2D eigenvalue weighted by molar-refractivity contribution is 7.51. The van der Waals surface area contributed by atoms with E-state index in [0.717, 1.165) is 32.4 Å². The van der Waals surface area contributed by atoms with Crippen LogP contribution >= 0.6 is 7.75 Å². The summed E-state index contributed by atoms with van der Waals surface area (Å²) >= 11 is 0. The van der Waals surface area contributed by atoms with Crippen molar-refractivity contribution in [1.82, 2.24) is 4.67 Å². The summed E-state index contributed by atoms with van der Waals surface area (Å²) in [6.07, 6.45) is 3.18. The molecular formula is C16H26NO3P. The molecule has 4 nitrogen and oxygen atoms in total. The Bertz CT molecular complexity index is 448. The number of hydrogen-bond acceptors (Lipinski definition) is 3. The van der Waals surface area contributed by atoms with Gasteiger partial charge in [-0.3, -0.25) is 9.05 Å². The summed E-state index contributed by atoms with van der Waals surface area (Å²) in [6.45, 7) is 6.12. The Balaban J connectivity index is 1.88. The normalized spacial score (nSPS) is 18.0. The number of benzene rings is 1. The Labute approximate surface area is 128 Å². The third-order valence-corrected chi connectivity index (χ3v) is 6.15. The fourth-order valence-corrected chi connectivity index (χ4v) is 4.62. The molecule has 0 aromatic heterocycles. The van der Waals surface area contributed by atoms with Crippen LogP contribution in [0.5, 0.6) is 0 Å². The third-order valence-electron chi connectivity index (χ3n) is 3.89. The van der Waals surface area contributed by atoms with E-state index in [9.17, 15) is 4.57 Å². The van der Waals surface area contributed by atoms with E-state index in [4.69, 9.17) is 9.05 Å². The van der Waals surface area contributed by atoms with Crippen LogP contribution in [0.3, 0.4) is 0 Å². The van der Waals surface area contributed by atoms with Gasteiger partial charge < -0.3 is 0 Å². The maximum absolute atomic E-state index is 12.7. The molecule has 0 N–H and O–H groups in total. The molecule has 0 bridgehead atoms. The fourth-order valence-electron chi connectivity index (χ4n) is 2.84. The van der Waals surface area contributed by atoms with Crippen molar-refractivity contribution in [1.29, 1.82) is 0 Å². The Kier molecular flexibility index (Phi) is 6.43. The van der Waals surface area contributed by atoms with E-state index in [1.54, 1.807) is 0 Å². The smallest absolute Gasteiger partial charge is 0.297 e. The molecule has 5 heteroatoms. The van der Waals surface area contributed by atoms with Crippen LogP contribution in [0.15, 0.2) is 30.3 Å². The topological polar surface area (TPSA) is 38.8 Å². The predicted octanol–water partition coefficient (Wildman–Crippen LogP) is 4.12. The molecule has 1 aromatic rings. The second kappa shape index (κ2) is 8.09. The van der Waals surface area contributed by atoms with E-state index < -0.39 is 7.75 Å². The van der Waals surface area contributed by atoms with E-state index in [2.05, 4.69) is 24.3 Å². The van der Waals surface area contributed by atoms with Crippen LogP contribution in [0.2, 0.25) is 0 Å². The molecule has 1 aliphatic rings. The minimum Gasteiger partial charge on any atom is -0.297 e. The zero-order valence-electron chi connectivity index (χ0n) is 13.0. The van der Waals surface area contributed by atoms with Gasteiger partial charge in [0.05, 0.1) is 13.2 Å². The lowest BCUT2D eigenvalue weighted by atomic mass is 9.91. The van der Waals surface area contributed by atoms with Crippen molar-refractivity contribution in [2.45, 2.75) is 33.1 Å². The van der Waals surface area contributed by atoms with Crippen molar-refractivity contribution < 1.29 is 13.6 Å². The van der Waals surface area contributed by atoms with Crippen molar-refractivity contribution in [2.75, 3.05) is 26.3 Å². The minimum absolute atomic E-state index is 0.418. The molecule has 1 aliphatic heterocycles. The zero-order chi connectivity index (χ0) is 15.1. The highest BCUT2D eigenvalue weighted by Gasteiger charge is 2.35. The number of nitrogens with zero attached hydrogens (tertiary/aromatic N) is 1. The minimum atomic E-state index is -3.07. The molecule has 1 fully saturated rings. The van der Waals surface area contributed by atoms with Crippen molar-refractivity contribution in [3.8, 4) is 0 Å². The second-order valence-corrected chi connectivity index (χ2v) is 7.41. The first kappa shape index (κ1) is 16.7. The van der Waals surface area contributed by atoms with E-state index in [-0.39, 0.29) is 0 Å². The Hall–Kier alpha value is -0.670. The molecule has 118 valence electrons. The predicted molar refractivity (Wildman–Crippen MR) is 85.3 cm³/mol. The Morgan fingerprint density at radius 3 is 2.19 bits per heavy atom. The monoisotopic (exact) mass is 311 g/mol. The van der Waals surface area contributed by atoms with Gasteiger partial charge >= 0.3 is 7.75 Å². The molecule has 0 radical (unpaired) electrons. The average Bonchev–Trinajstić information content (AvgIpc) is 2.49. The van der Waals surface area contributed by atoms with Gasteiger partial charge in [-0.2, -0.15) is 0 Å². The maximum Gasteiger partial charge on any atom is 0.408 e. The molecule has 0 amide bonds. The summed E-state index contributed by atoms with van der Waals surface area (Å²) in [6, 6.07) is 10.6. The van der Waals surface area contributed by atoms with E-state index in [1.165, 1.54) is 5.56 Å². The molecule has 2 rings (SSSR count).